The molecule has 49 heavy (non-hydrogen) atoms. The Hall–Kier alpha value is -0.0953. The minimum atomic E-state index is -5.17. The molecule has 0 aliphatic heterocycles. The number of carbonyl (C=O) groups is 8. The largest absolute Gasteiger partial charge is 4.00 e. The minimum Gasteiger partial charge on any atom is -1.00 e. The molecule has 278 valence electrons. The molecule has 6 radical (unpaired) electrons. The Morgan fingerprint density at radius 2 is 0.306 bits per heavy atom. The van der Waals surface area contributed by atoms with Crippen LogP contribution in [0.5, 0.6) is 0 Å². The first-order valence-electron chi connectivity index (χ1n) is 8.60. The fourth-order valence-corrected chi connectivity index (χ4v) is 0. The predicted octanol–water partition coefficient (Wildman–Crippen LogP) is -19.8. The molecule has 0 amide bonds. The van der Waals surface area contributed by atoms with E-state index >= 15 is 0 Å². The quantitative estimate of drug-likeness (QED) is 0.123. The van der Waals surface area contributed by atoms with E-state index in [0.717, 1.165) is 55.4 Å². The van der Waals surface area contributed by atoms with Gasteiger partial charge in [-0.05, 0) is 55.4 Å². The zero-order valence-corrected chi connectivity index (χ0v) is 40.7. The van der Waals surface area contributed by atoms with Crippen molar-refractivity contribution in [1.29, 1.82) is 0 Å². The van der Waals surface area contributed by atoms with Gasteiger partial charge in [0, 0.05) is 68.6 Å². The molecule has 0 aromatic heterocycles. The Bertz CT molecular complexity index is 765. The van der Waals surface area contributed by atoms with Crippen molar-refractivity contribution in [2.45, 2.75) is 55.4 Å². The number of rotatable bonds is 0. The van der Waals surface area contributed by atoms with Crippen LogP contribution in [-0.2, 0) is 103 Å². The van der Waals surface area contributed by atoms with E-state index in [0.29, 0.717) is 0 Å². The molecule has 0 atom stereocenters. The molecular weight excluding hydrogens is 1160 g/mol. The second kappa shape index (κ2) is 81.8. The molecule has 0 aliphatic rings. The van der Waals surface area contributed by atoms with Gasteiger partial charge in [-0.25, -0.2) is 0 Å². The first kappa shape index (κ1) is 110. The average Bonchev–Trinajstić information content (AvgIpc) is 2.45. The third-order valence-electron chi connectivity index (χ3n) is 0. The summed E-state index contributed by atoms with van der Waals surface area (Å²) in [6.45, 7) is 7.78. The van der Waals surface area contributed by atoms with Crippen molar-refractivity contribution >= 4 is 140 Å². The summed E-state index contributed by atoms with van der Waals surface area (Å²) in [4.78, 5) is 71.1. The van der Waals surface area contributed by atoms with Crippen LogP contribution in [0.25, 0.3) is 0 Å². The molecule has 0 saturated heterocycles. The van der Waals surface area contributed by atoms with Crippen LogP contribution < -0.4 is 65.7 Å². The third kappa shape index (κ3) is 11100000. The van der Waals surface area contributed by atoms with Gasteiger partial charge in [-0.1, -0.05) is 0 Å². The van der Waals surface area contributed by atoms with E-state index in [2.05, 4.69) is 0 Å². The summed E-state index contributed by atoms with van der Waals surface area (Å²) < 4.78 is 68.2. The van der Waals surface area contributed by atoms with Crippen molar-refractivity contribution < 1.29 is 183 Å². The van der Waals surface area contributed by atoms with Gasteiger partial charge in [-0.2, -0.15) is 0 Å². The van der Waals surface area contributed by atoms with Gasteiger partial charge in [-0.3, -0.25) is 16.8 Å². The van der Waals surface area contributed by atoms with E-state index in [1.807, 2.05) is 0 Å². The van der Waals surface area contributed by atoms with Gasteiger partial charge < -0.3 is 122 Å². The molecule has 0 N–H and O–H groups in total. The van der Waals surface area contributed by atoms with Gasteiger partial charge in [0.25, 0.3) is 0 Å². The first-order valence-corrected chi connectivity index (χ1v) is 11.3. The molecule has 0 aromatic carbocycles. The van der Waals surface area contributed by atoms with Crippen LogP contribution in [0.1, 0.15) is 55.4 Å². The van der Waals surface area contributed by atoms with E-state index in [4.69, 9.17) is 114 Å². The van der Waals surface area contributed by atoms with Crippen molar-refractivity contribution in [1.82, 2.24) is 0 Å². The van der Waals surface area contributed by atoms with Crippen LogP contribution in [0, 0.1) is 0 Å². The summed E-state index contributed by atoms with van der Waals surface area (Å²) in [6.07, 6.45) is 0. The predicted molar refractivity (Wildman–Crippen MR) is 124 cm³/mol. The minimum absolute atomic E-state index is 0. The number of halogens is 2. The maximum atomic E-state index is 8.89. The van der Waals surface area contributed by atoms with Crippen LogP contribution in [0.2, 0.25) is 0 Å². The molecule has 0 fully saturated rings. The number of hydrogen-bond donors (Lipinski definition) is 0. The van der Waals surface area contributed by atoms with Gasteiger partial charge in [0.05, 0.1) is 0 Å². The number of carbonyl (C=O) groups excluding carboxylic acids is 8. The number of carboxylic acid groups (broad SMARTS) is 8. The molecule has 0 heterocycles. The summed E-state index contributed by atoms with van der Waals surface area (Å²) in [7, 11) is -10.3. The zero-order chi connectivity index (χ0) is 37.6. The summed E-state index contributed by atoms with van der Waals surface area (Å²) >= 11 is 0. The van der Waals surface area contributed by atoms with Gasteiger partial charge in [-0.15, -0.1) is 0 Å². The molecule has 0 rings (SSSR count). The number of hydrogen-bond acceptors (Lipinski definition) is 24. The summed E-state index contributed by atoms with van der Waals surface area (Å²) in [6, 6.07) is 0. The van der Waals surface area contributed by atoms with Crippen molar-refractivity contribution in [3.8, 4) is 0 Å². The van der Waals surface area contributed by atoms with Crippen molar-refractivity contribution in [3.05, 3.63) is 0 Å². The van der Waals surface area contributed by atoms with Gasteiger partial charge in [0.1, 0.15) is 0 Å². The normalized spacial score (nSPS) is 6.45. The Balaban J connectivity index is -0.0000000153. The number of aliphatic carboxylic acids is 8. The number of carboxylic acids is 8. The van der Waals surface area contributed by atoms with Crippen LogP contribution in [0.4, 0.5) is 0 Å². The topological polar surface area (TPSA) is 482 Å². The van der Waals surface area contributed by atoms with E-state index in [9.17, 15) is 0 Å². The maximum Gasteiger partial charge on any atom is 4.00 e. The van der Waals surface area contributed by atoms with Crippen LogP contribution in [0.15, 0.2) is 0 Å². The second-order valence-corrected chi connectivity index (χ2v) is 6.38. The molecule has 0 spiro atoms. The standard InChI is InChI=1S/8C2H4O2.2ClH.2H2O4S.3Sn.2Ti/c8*1-2(3)4;;;2*1-5(2,3)4;;;;;/h8*1H3,(H,3,4);2*1H;2*(H2,1,2,3,4);;;;;/q;;;;;;;;;;;;3*+2;2*+4/p-14. The molecule has 0 aromatic rings. The van der Waals surface area contributed by atoms with E-state index in [1.54, 1.807) is 0 Å². The Labute approximate surface area is 374 Å². The van der Waals surface area contributed by atoms with Crippen LogP contribution in [0.3, 0.4) is 0 Å². The third-order valence-corrected chi connectivity index (χ3v) is 0. The molecule has 24 nitrogen and oxygen atoms in total. The molecule has 0 unspecified atom stereocenters. The van der Waals surface area contributed by atoms with Crippen LogP contribution in [-0.4, -0.2) is 155 Å². The first-order chi connectivity index (χ1) is 17.9. The molecule has 0 saturated carbocycles. The smallest absolute Gasteiger partial charge is 1.00 e. The summed E-state index contributed by atoms with van der Waals surface area (Å²) in [5, 5.41) is 71.1. The fraction of sp³-hybridized carbons (Fsp3) is 0.500. The van der Waals surface area contributed by atoms with Crippen molar-refractivity contribution in [3.63, 3.8) is 0 Å². The SMILES string of the molecule is CC(=O)[O-].CC(=O)[O-].CC(=O)[O-].CC(=O)[O-].CC(=O)[O-].CC(=O)[O-].CC(=O)[O-].CC(=O)[O-].O=S(=O)([O-])[O-].O=S(=O)([O-])[O-].[Cl-].[Cl-].[Sn+2].[Sn+2].[Sn+2].[Ti+4].[Ti+4]. The summed E-state index contributed by atoms with van der Waals surface area (Å²) in [5.74, 6) is -8.67. The van der Waals surface area contributed by atoms with Crippen molar-refractivity contribution in [2.75, 3.05) is 0 Å². The van der Waals surface area contributed by atoms with E-state index in [-0.39, 0.29) is 140 Å². The zero-order valence-electron chi connectivity index (χ0n) is 25.9. The second-order valence-electron chi connectivity index (χ2n) is 4.75. The molecule has 0 bridgehead atoms. The van der Waals surface area contributed by atoms with Gasteiger partial charge >= 0.3 is 115 Å². The average molecular weight is 1190 g/mol. The molecule has 33 heteroatoms. The van der Waals surface area contributed by atoms with E-state index in [1.165, 1.54) is 0 Å². The van der Waals surface area contributed by atoms with E-state index < -0.39 is 68.6 Å². The Morgan fingerprint density at radius 3 is 0.306 bits per heavy atom. The Kier molecular flexibility index (Phi) is 184. The monoisotopic (exact) mass is 1190 g/mol. The van der Waals surface area contributed by atoms with Gasteiger partial charge in [0.15, 0.2) is 0 Å². The Morgan fingerprint density at radius 1 is 0.306 bits per heavy atom. The maximum absolute atomic E-state index is 8.89. The summed E-state index contributed by atoms with van der Waals surface area (Å²) in [5.41, 5.74) is 0. The molecular formula is C16H24Cl2O24S2Sn3Ti2. The molecule has 0 aliphatic carbocycles. The fourth-order valence-electron chi connectivity index (χ4n) is 0. The van der Waals surface area contributed by atoms with Crippen molar-refractivity contribution in [2.24, 2.45) is 0 Å². The van der Waals surface area contributed by atoms with Crippen LogP contribution >= 0.6 is 0 Å². The van der Waals surface area contributed by atoms with Gasteiger partial charge in [0.2, 0.25) is 0 Å².